The van der Waals surface area contributed by atoms with E-state index in [0.717, 1.165) is 12.7 Å². The van der Waals surface area contributed by atoms with Crippen LogP contribution >= 0.6 is 0 Å². The fourth-order valence-corrected chi connectivity index (χ4v) is 4.94. The third kappa shape index (κ3) is 10.3. The van der Waals surface area contributed by atoms with Crippen LogP contribution in [0, 0.1) is 0 Å². The van der Waals surface area contributed by atoms with Crippen LogP contribution in [0.4, 0.5) is 36.8 Å². The number of hydrogen-bond donors (Lipinski definition) is 3. The highest BCUT2D eigenvalue weighted by atomic mass is 19.4. The zero-order valence-electron chi connectivity index (χ0n) is 28.1. The molecule has 0 spiro atoms. The first-order valence-corrected chi connectivity index (χ1v) is 15.4. The van der Waals surface area contributed by atoms with Gasteiger partial charge in [-0.05, 0) is 81.8 Å². The van der Waals surface area contributed by atoms with Gasteiger partial charge in [0.25, 0.3) is 0 Å². The first-order chi connectivity index (χ1) is 23.2. The molecule has 1 unspecified atom stereocenters. The number of alkyl carbamates (subject to hydrolysis) is 1. The Morgan fingerprint density at radius 2 is 1.58 bits per heavy atom. The summed E-state index contributed by atoms with van der Waals surface area (Å²) in [6.45, 7) is 8.74. The highest BCUT2D eigenvalue weighted by molar-refractivity contribution is 6.24. The van der Waals surface area contributed by atoms with Gasteiger partial charge >= 0.3 is 30.3 Å². The molecule has 0 bridgehead atoms. The number of anilines is 1. The summed E-state index contributed by atoms with van der Waals surface area (Å²) in [6.07, 6.45) is -10.1. The monoisotopic (exact) mass is 716 g/mol. The van der Waals surface area contributed by atoms with Crippen LogP contribution in [-0.4, -0.2) is 59.5 Å². The molecular formula is C33H38F6N4O7. The Labute approximate surface area is 283 Å². The normalized spacial score (nSPS) is 12.7. The molecule has 274 valence electrons. The van der Waals surface area contributed by atoms with Gasteiger partial charge in [-0.15, -0.1) is 0 Å². The molecule has 1 heterocycles. The Kier molecular flexibility index (Phi) is 12.4. The van der Waals surface area contributed by atoms with E-state index in [4.69, 9.17) is 14.2 Å². The number of esters is 1. The van der Waals surface area contributed by atoms with Crippen LogP contribution in [0.2, 0.25) is 0 Å². The number of carbonyl (C=O) groups is 4. The quantitative estimate of drug-likeness (QED) is 0.0408. The lowest BCUT2D eigenvalue weighted by Gasteiger charge is -2.30. The first kappa shape index (κ1) is 39.5. The first-order valence-electron chi connectivity index (χ1n) is 15.4. The third-order valence-electron chi connectivity index (χ3n) is 7.17. The van der Waals surface area contributed by atoms with E-state index in [0.29, 0.717) is 15.9 Å². The molecule has 17 heteroatoms. The van der Waals surface area contributed by atoms with E-state index in [1.54, 1.807) is 27.0 Å². The molecule has 0 aliphatic heterocycles. The molecule has 1 atom stereocenters. The summed E-state index contributed by atoms with van der Waals surface area (Å²) in [5.41, 5.74) is -1.97. The van der Waals surface area contributed by atoms with Crippen molar-refractivity contribution in [3.05, 3.63) is 53.2 Å². The molecule has 0 saturated carbocycles. The second-order valence-electron chi connectivity index (χ2n) is 12.5. The standard InChI is InChI=1S/C33H38F6N4O7/c1-18(2)22-16-41-25-11-10-20(15-21(22)25)49-28-23(32(34,35)36)13-19(14-24(28)33(37,38)39)42-43(27(45)17-44)26(29(46)48-6)9-7-8-12-40-30(47)50-31(3,4)5/h10-11,13-18,26,41-42H,7-9,12H2,1-6H3,(H,40,47). The van der Waals surface area contributed by atoms with Crippen molar-refractivity contribution in [2.75, 3.05) is 19.1 Å². The van der Waals surface area contributed by atoms with Gasteiger partial charge in [-0.25, -0.2) is 14.6 Å². The van der Waals surface area contributed by atoms with E-state index in [1.165, 1.54) is 18.2 Å². The van der Waals surface area contributed by atoms with Crippen LogP contribution in [-0.2, 0) is 36.2 Å². The van der Waals surface area contributed by atoms with Crippen LogP contribution in [0.25, 0.3) is 10.9 Å². The van der Waals surface area contributed by atoms with Crippen molar-refractivity contribution in [3.63, 3.8) is 0 Å². The zero-order valence-corrected chi connectivity index (χ0v) is 28.1. The van der Waals surface area contributed by atoms with Gasteiger partial charge < -0.3 is 24.5 Å². The van der Waals surface area contributed by atoms with Gasteiger partial charge in [-0.3, -0.25) is 15.0 Å². The molecule has 3 N–H and O–H groups in total. The van der Waals surface area contributed by atoms with Gasteiger partial charge in [-0.2, -0.15) is 26.3 Å². The fourth-order valence-electron chi connectivity index (χ4n) is 4.94. The fraction of sp³-hybridized carbons (Fsp3) is 0.455. The number of hydrazine groups is 1. The average Bonchev–Trinajstić information content (AvgIpc) is 3.43. The Morgan fingerprint density at radius 3 is 2.10 bits per heavy atom. The second kappa shape index (κ2) is 15.7. The number of alkyl halides is 6. The lowest BCUT2D eigenvalue weighted by molar-refractivity contribution is -0.153. The molecule has 0 fully saturated rings. The van der Waals surface area contributed by atoms with Crippen LogP contribution in [0.5, 0.6) is 11.5 Å². The van der Waals surface area contributed by atoms with Crippen molar-refractivity contribution in [1.29, 1.82) is 0 Å². The summed E-state index contributed by atoms with van der Waals surface area (Å²) >= 11 is 0. The van der Waals surface area contributed by atoms with E-state index in [9.17, 15) is 45.5 Å². The van der Waals surface area contributed by atoms with Crippen molar-refractivity contribution in [2.45, 2.75) is 83.8 Å². The maximum atomic E-state index is 14.4. The SMILES string of the molecule is COC(=O)C(CCCCNC(=O)OC(C)(C)C)N(Nc1cc(C(F)(F)F)c(Oc2ccc3[nH]cc(C(C)C)c3c2)c(C(F)(F)F)c1)C(=O)C=O. The average molecular weight is 717 g/mol. The van der Waals surface area contributed by atoms with Crippen LogP contribution in [0.15, 0.2) is 36.5 Å². The molecule has 0 radical (unpaired) electrons. The number of ether oxygens (including phenoxy) is 3. The van der Waals surface area contributed by atoms with E-state index in [2.05, 4.69) is 15.7 Å². The molecule has 50 heavy (non-hydrogen) atoms. The molecule has 0 aliphatic carbocycles. The molecule has 3 aromatic rings. The highest BCUT2D eigenvalue weighted by Crippen LogP contribution is 2.48. The van der Waals surface area contributed by atoms with Gasteiger partial charge in [0.15, 0.2) is 11.8 Å². The number of methoxy groups -OCH3 is 1. The molecule has 3 rings (SSSR count). The molecule has 1 aromatic heterocycles. The van der Waals surface area contributed by atoms with Gasteiger partial charge in [0.05, 0.1) is 12.8 Å². The number of amides is 2. The van der Waals surface area contributed by atoms with Crippen molar-refractivity contribution in [3.8, 4) is 11.5 Å². The predicted molar refractivity (Wildman–Crippen MR) is 169 cm³/mol. The number of aromatic amines is 1. The van der Waals surface area contributed by atoms with Crippen LogP contribution in [0.1, 0.15) is 76.5 Å². The Bertz CT molecular complexity index is 1660. The number of aromatic nitrogens is 1. The van der Waals surface area contributed by atoms with E-state index in [1.807, 2.05) is 13.8 Å². The number of unbranched alkanes of at least 4 members (excludes halogenated alkanes) is 1. The smallest absolute Gasteiger partial charge is 0.420 e. The minimum atomic E-state index is -5.41. The minimum Gasteiger partial charge on any atom is -0.467 e. The number of hydrogen-bond acceptors (Lipinski definition) is 8. The summed E-state index contributed by atoms with van der Waals surface area (Å²) in [5.74, 6) is -4.50. The second-order valence-corrected chi connectivity index (χ2v) is 12.5. The Morgan fingerprint density at radius 1 is 0.960 bits per heavy atom. The van der Waals surface area contributed by atoms with Crippen LogP contribution < -0.4 is 15.5 Å². The molecule has 0 saturated heterocycles. The highest BCUT2D eigenvalue weighted by Gasteiger charge is 2.44. The van der Waals surface area contributed by atoms with Crippen LogP contribution in [0.3, 0.4) is 0 Å². The number of carbonyl (C=O) groups excluding carboxylic acids is 4. The molecule has 11 nitrogen and oxygen atoms in total. The lowest BCUT2D eigenvalue weighted by atomic mass is 10.0. The van der Waals surface area contributed by atoms with Crippen molar-refractivity contribution < 1.29 is 59.7 Å². The number of nitrogens with zero attached hydrogens (tertiary/aromatic N) is 1. The maximum absolute atomic E-state index is 14.4. The lowest BCUT2D eigenvalue weighted by Crippen LogP contribution is -2.49. The molecular weight excluding hydrogens is 678 g/mol. The number of benzene rings is 2. The zero-order chi connectivity index (χ0) is 37.6. The third-order valence-corrected chi connectivity index (χ3v) is 7.17. The summed E-state index contributed by atoms with van der Waals surface area (Å²) in [6, 6.07) is 2.84. The van der Waals surface area contributed by atoms with E-state index in [-0.39, 0.29) is 55.9 Å². The van der Waals surface area contributed by atoms with E-state index < -0.39 is 64.5 Å². The Hall–Kier alpha value is -4.96. The van der Waals surface area contributed by atoms with Gasteiger partial charge in [0.1, 0.15) is 22.5 Å². The number of rotatable bonds is 13. The molecule has 0 aliphatic rings. The predicted octanol–water partition coefficient (Wildman–Crippen LogP) is 7.71. The van der Waals surface area contributed by atoms with Gasteiger partial charge in [0.2, 0.25) is 6.29 Å². The maximum Gasteiger partial charge on any atom is 0.420 e. The van der Waals surface area contributed by atoms with Gasteiger partial charge in [0, 0.05) is 23.6 Å². The van der Waals surface area contributed by atoms with E-state index >= 15 is 0 Å². The summed E-state index contributed by atoms with van der Waals surface area (Å²) in [5, 5.41) is 3.31. The largest absolute Gasteiger partial charge is 0.467 e. The number of fused-ring (bicyclic) bond motifs is 1. The van der Waals surface area contributed by atoms with Crippen molar-refractivity contribution >= 4 is 40.8 Å². The van der Waals surface area contributed by atoms with Crippen molar-refractivity contribution in [1.82, 2.24) is 15.3 Å². The Balaban J connectivity index is 2.00. The summed E-state index contributed by atoms with van der Waals surface area (Å²) in [4.78, 5) is 51.8. The topological polar surface area (TPSA) is 139 Å². The minimum absolute atomic E-state index is 0.0273. The number of halogens is 6. The summed E-state index contributed by atoms with van der Waals surface area (Å²) < 4.78 is 102. The molecule has 2 amide bonds. The van der Waals surface area contributed by atoms with Crippen molar-refractivity contribution in [2.24, 2.45) is 0 Å². The number of nitrogens with one attached hydrogen (secondary N) is 3. The van der Waals surface area contributed by atoms with Gasteiger partial charge in [-0.1, -0.05) is 13.8 Å². The number of aldehydes is 1. The number of H-pyrrole nitrogens is 1. The summed E-state index contributed by atoms with van der Waals surface area (Å²) in [7, 11) is 0.938. The molecule has 2 aromatic carbocycles.